The molecule has 3 heteroatoms. The predicted octanol–water partition coefficient (Wildman–Crippen LogP) is 3.55. The van der Waals surface area contributed by atoms with Gasteiger partial charge in [0.25, 0.3) is 0 Å². The topological polar surface area (TPSA) is 44.5 Å². The molecule has 1 unspecified atom stereocenters. The van der Waals surface area contributed by atoms with Crippen molar-refractivity contribution in [3.8, 4) is 11.5 Å². The Morgan fingerprint density at radius 2 is 1.73 bits per heavy atom. The third-order valence-electron chi connectivity index (χ3n) is 4.09. The van der Waals surface area contributed by atoms with E-state index in [1.165, 1.54) is 16.7 Å². The average molecular weight is 299 g/mol. The maximum atomic E-state index is 6.01. The van der Waals surface area contributed by atoms with Crippen molar-refractivity contribution in [2.75, 3.05) is 20.8 Å². The Morgan fingerprint density at radius 3 is 2.27 bits per heavy atom. The van der Waals surface area contributed by atoms with Crippen LogP contribution in [-0.4, -0.2) is 20.8 Å². The molecule has 22 heavy (non-hydrogen) atoms. The van der Waals surface area contributed by atoms with Crippen LogP contribution in [-0.2, 0) is 12.8 Å². The molecule has 0 saturated carbocycles. The second-order valence-electron chi connectivity index (χ2n) is 5.41. The minimum Gasteiger partial charge on any atom is -0.497 e. The standard InChI is InChI=1S/C19H25NO2/c1-4-14-5-10-19(22-3)16(11-14)12-17(13-20)15-6-8-18(21-2)9-7-15/h5-11,17H,4,12-13,20H2,1-3H3. The first kappa shape index (κ1) is 16.4. The van der Waals surface area contributed by atoms with Crippen molar-refractivity contribution in [3.05, 3.63) is 59.2 Å². The second-order valence-corrected chi connectivity index (χ2v) is 5.41. The Balaban J connectivity index is 2.25. The lowest BCUT2D eigenvalue weighted by atomic mass is 9.90. The molecule has 0 heterocycles. The highest BCUT2D eigenvalue weighted by Gasteiger charge is 2.14. The molecule has 0 aliphatic heterocycles. The van der Waals surface area contributed by atoms with Crippen LogP contribution in [0.4, 0.5) is 0 Å². The summed E-state index contributed by atoms with van der Waals surface area (Å²) in [5, 5.41) is 0. The molecule has 2 aromatic rings. The molecule has 0 aliphatic rings. The molecule has 0 aliphatic carbocycles. The van der Waals surface area contributed by atoms with Crippen molar-refractivity contribution < 1.29 is 9.47 Å². The summed E-state index contributed by atoms with van der Waals surface area (Å²) in [5.41, 5.74) is 9.78. The Morgan fingerprint density at radius 1 is 1.00 bits per heavy atom. The zero-order valence-electron chi connectivity index (χ0n) is 13.6. The number of benzene rings is 2. The number of hydrogen-bond donors (Lipinski definition) is 1. The number of nitrogens with two attached hydrogens (primary N) is 1. The second kappa shape index (κ2) is 7.85. The van der Waals surface area contributed by atoms with E-state index in [9.17, 15) is 0 Å². The van der Waals surface area contributed by atoms with E-state index in [1.807, 2.05) is 12.1 Å². The van der Waals surface area contributed by atoms with Gasteiger partial charge >= 0.3 is 0 Å². The molecular formula is C19H25NO2. The number of rotatable bonds is 7. The first-order valence-corrected chi connectivity index (χ1v) is 7.71. The van der Waals surface area contributed by atoms with Crippen LogP contribution in [0.5, 0.6) is 11.5 Å². The zero-order chi connectivity index (χ0) is 15.9. The first-order chi connectivity index (χ1) is 10.7. The van der Waals surface area contributed by atoms with E-state index in [4.69, 9.17) is 15.2 Å². The summed E-state index contributed by atoms with van der Waals surface area (Å²) in [4.78, 5) is 0. The van der Waals surface area contributed by atoms with Crippen molar-refractivity contribution >= 4 is 0 Å². The van der Waals surface area contributed by atoms with E-state index in [-0.39, 0.29) is 5.92 Å². The van der Waals surface area contributed by atoms with E-state index in [0.29, 0.717) is 6.54 Å². The van der Waals surface area contributed by atoms with Gasteiger partial charge in [0.1, 0.15) is 11.5 Å². The summed E-state index contributed by atoms with van der Waals surface area (Å²) >= 11 is 0. The van der Waals surface area contributed by atoms with Crippen molar-refractivity contribution in [2.45, 2.75) is 25.7 Å². The Bertz CT molecular complexity index is 593. The number of ether oxygens (including phenoxy) is 2. The molecule has 1 atom stereocenters. The van der Waals surface area contributed by atoms with Crippen LogP contribution in [0.25, 0.3) is 0 Å². The van der Waals surface area contributed by atoms with E-state index in [1.54, 1.807) is 14.2 Å². The van der Waals surface area contributed by atoms with Crippen LogP contribution >= 0.6 is 0 Å². The summed E-state index contributed by atoms with van der Waals surface area (Å²) in [6.07, 6.45) is 1.90. The highest BCUT2D eigenvalue weighted by atomic mass is 16.5. The maximum absolute atomic E-state index is 6.01. The maximum Gasteiger partial charge on any atom is 0.122 e. The average Bonchev–Trinajstić information content (AvgIpc) is 2.59. The fourth-order valence-electron chi connectivity index (χ4n) is 2.69. The summed E-state index contributed by atoms with van der Waals surface area (Å²) < 4.78 is 10.7. The molecule has 0 spiro atoms. The largest absolute Gasteiger partial charge is 0.497 e. The van der Waals surface area contributed by atoms with Gasteiger partial charge in [-0.15, -0.1) is 0 Å². The van der Waals surface area contributed by atoms with Gasteiger partial charge in [-0.3, -0.25) is 0 Å². The van der Waals surface area contributed by atoms with Gasteiger partial charge in [-0.25, -0.2) is 0 Å². The van der Waals surface area contributed by atoms with Crippen LogP contribution in [0.2, 0.25) is 0 Å². The molecule has 0 aromatic heterocycles. The molecule has 118 valence electrons. The van der Waals surface area contributed by atoms with Crippen molar-refractivity contribution in [3.63, 3.8) is 0 Å². The van der Waals surface area contributed by atoms with Crippen molar-refractivity contribution in [1.82, 2.24) is 0 Å². The van der Waals surface area contributed by atoms with Gasteiger partial charge in [-0.1, -0.05) is 31.2 Å². The number of hydrogen-bond acceptors (Lipinski definition) is 3. The Labute approximate surface area is 133 Å². The molecule has 0 amide bonds. The number of aryl methyl sites for hydroxylation is 1. The fraction of sp³-hybridized carbons (Fsp3) is 0.368. The van der Waals surface area contributed by atoms with Crippen LogP contribution in [0.1, 0.15) is 29.5 Å². The van der Waals surface area contributed by atoms with Gasteiger partial charge in [0, 0.05) is 5.92 Å². The van der Waals surface area contributed by atoms with Crippen molar-refractivity contribution in [1.29, 1.82) is 0 Å². The lowest BCUT2D eigenvalue weighted by Gasteiger charge is -2.18. The fourth-order valence-corrected chi connectivity index (χ4v) is 2.69. The number of methoxy groups -OCH3 is 2. The SMILES string of the molecule is CCc1ccc(OC)c(CC(CN)c2ccc(OC)cc2)c1. The molecular weight excluding hydrogens is 274 g/mol. The quantitative estimate of drug-likeness (QED) is 0.850. The summed E-state index contributed by atoms with van der Waals surface area (Å²) in [6.45, 7) is 2.77. The summed E-state index contributed by atoms with van der Waals surface area (Å²) in [5.74, 6) is 2.07. The monoisotopic (exact) mass is 299 g/mol. The highest BCUT2D eigenvalue weighted by Crippen LogP contribution is 2.28. The minimum absolute atomic E-state index is 0.270. The van der Waals surface area contributed by atoms with Gasteiger partial charge in [0.05, 0.1) is 14.2 Å². The molecule has 0 radical (unpaired) electrons. The van der Waals surface area contributed by atoms with Crippen molar-refractivity contribution in [2.24, 2.45) is 5.73 Å². The molecule has 0 saturated heterocycles. The molecule has 2 aromatic carbocycles. The first-order valence-electron chi connectivity index (χ1n) is 7.71. The van der Waals surface area contributed by atoms with Gasteiger partial charge in [0.15, 0.2) is 0 Å². The van der Waals surface area contributed by atoms with E-state index in [2.05, 4.69) is 37.3 Å². The molecule has 0 fully saturated rings. The summed E-state index contributed by atoms with van der Waals surface area (Å²) in [6, 6.07) is 14.5. The van der Waals surface area contributed by atoms with Gasteiger partial charge < -0.3 is 15.2 Å². The third kappa shape index (κ3) is 3.80. The highest BCUT2D eigenvalue weighted by molar-refractivity contribution is 5.39. The zero-order valence-corrected chi connectivity index (χ0v) is 13.6. The Hall–Kier alpha value is -2.00. The molecule has 0 bridgehead atoms. The van der Waals surface area contributed by atoms with E-state index < -0.39 is 0 Å². The molecule has 2 rings (SSSR count). The minimum atomic E-state index is 0.270. The van der Waals surface area contributed by atoms with E-state index in [0.717, 1.165) is 24.3 Å². The Kier molecular flexibility index (Phi) is 5.84. The van der Waals surface area contributed by atoms with Gasteiger partial charge in [-0.2, -0.15) is 0 Å². The van der Waals surface area contributed by atoms with E-state index >= 15 is 0 Å². The lowest BCUT2D eigenvalue weighted by molar-refractivity contribution is 0.407. The summed E-state index contributed by atoms with van der Waals surface area (Å²) in [7, 11) is 3.39. The van der Waals surface area contributed by atoms with Crippen LogP contribution in [0.3, 0.4) is 0 Å². The molecule has 2 N–H and O–H groups in total. The smallest absolute Gasteiger partial charge is 0.122 e. The van der Waals surface area contributed by atoms with Crippen LogP contribution < -0.4 is 15.2 Å². The predicted molar refractivity (Wildman–Crippen MR) is 90.9 cm³/mol. The normalized spacial score (nSPS) is 12.0. The lowest BCUT2D eigenvalue weighted by Crippen LogP contribution is -2.15. The van der Waals surface area contributed by atoms with Gasteiger partial charge in [0.2, 0.25) is 0 Å². The third-order valence-corrected chi connectivity index (χ3v) is 4.09. The van der Waals surface area contributed by atoms with Crippen LogP contribution in [0.15, 0.2) is 42.5 Å². The van der Waals surface area contributed by atoms with Crippen LogP contribution in [0, 0.1) is 0 Å². The molecule has 3 nitrogen and oxygen atoms in total. The van der Waals surface area contributed by atoms with Gasteiger partial charge in [-0.05, 0) is 54.3 Å².